The van der Waals surface area contributed by atoms with Crippen molar-refractivity contribution in [1.29, 1.82) is 0 Å². The van der Waals surface area contributed by atoms with Crippen LogP contribution in [0.2, 0.25) is 5.02 Å². The lowest BCUT2D eigenvalue weighted by molar-refractivity contribution is 0.0565. The Morgan fingerprint density at radius 3 is 2.58 bits per heavy atom. The van der Waals surface area contributed by atoms with Gasteiger partial charge in [0.05, 0.1) is 17.7 Å². The number of carbonyl (C=O) groups is 2. The predicted molar refractivity (Wildman–Crippen MR) is 67.5 cm³/mol. The quantitative estimate of drug-likeness (QED) is 0.874. The Kier molecular flexibility index (Phi) is 3.57. The fraction of sp³-hybridized carbons (Fsp3) is 0.0769. The summed E-state index contributed by atoms with van der Waals surface area (Å²) in [6.45, 7) is 0. The average Bonchev–Trinajstić information content (AvgIpc) is 2.86. The van der Waals surface area contributed by atoms with Gasteiger partial charge >= 0.3 is 11.9 Å². The minimum Gasteiger partial charge on any atom is -0.478 e. The van der Waals surface area contributed by atoms with Crippen LogP contribution in [0.5, 0.6) is 0 Å². The first-order valence-electron chi connectivity index (χ1n) is 5.24. The van der Waals surface area contributed by atoms with Crippen molar-refractivity contribution in [3.8, 4) is 11.3 Å². The zero-order valence-electron chi connectivity index (χ0n) is 9.84. The first kappa shape index (κ1) is 13.2. The number of carboxylic acid groups (broad SMARTS) is 1. The van der Waals surface area contributed by atoms with Crippen molar-refractivity contribution in [2.24, 2.45) is 0 Å². The molecule has 0 radical (unpaired) electrons. The maximum atomic E-state index is 11.2. The maximum absolute atomic E-state index is 11.2. The van der Waals surface area contributed by atoms with Gasteiger partial charge in [-0.2, -0.15) is 0 Å². The summed E-state index contributed by atoms with van der Waals surface area (Å²) in [5.41, 5.74) is 0.579. The second kappa shape index (κ2) is 5.16. The largest absolute Gasteiger partial charge is 0.478 e. The summed E-state index contributed by atoms with van der Waals surface area (Å²) < 4.78 is 9.82. The summed E-state index contributed by atoms with van der Waals surface area (Å²) in [7, 11) is 1.25. The molecule has 0 aliphatic rings. The van der Waals surface area contributed by atoms with Crippen LogP contribution >= 0.6 is 11.6 Å². The van der Waals surface area contributed by atoms with Crippen LogP contribution in [0, 0.1) is 0 Å². The van der Waals surface area contributed by atoms with E-state index in [-0.39, 0.29) is 16.3 Å². The van der Waals surface area contributed by atoms with Crippen molar-refractivity contribution < 1.29 is 23.8 Å². The van der Waals surface area contributed by atoms with Gasteiger partial charge in [0.1, 0.15) is 5.76 Å². The molecule has 0 saturated heterocycles. The number of methoxy groups -OCH3 is 1. The lowest BCUT2D eigenvalue weighted by Crippen LogP contribution is -1.98. The van der Waals surface area contributed by atoms with Gasteiger partial charge in [-0.3, -0.25) is 0 Å². The molecule has 0 bridgehead atoms. The number of furan rings is 1. The van der Waals surface area contributed by atoms with Crippen molar-refractivity contribution >= 4 is 23.5 Å². The fourth-order valence-electron chi connectivity index (χ4n) is 1.55. The van der Waals surface area contributed by atoms with Crippen molar-refractivity contribution in [1.82, 2.24) is 0 Å². The number of carbonyl (C=O) groups excluding carboxylic acids is 1. The van der Waals surface area contributed by atoms with Crippen LogP contribution in [0.3, 0.4) is 0 Å². The highest BCUT2D eigenvalue weighted by Gasteiger charge is 2.14. The summed E-state index contributed by atoms with van der Waals surface area (Å²) in [5.74, 6) is -1.22. The van der Waals surface area contributed by atoms with Crippen molar-refractivity contribution in [3.63, 3.8) is 0 Å². The molecule has 0 unspecified atom stereocenters. The van der Waals surface area contributed by atoms with E-state index in [0.717, 1.165) is 0 Å². The predicted octanol–water partition coefficient (Wildman–Crippen LogP) is 3.08. The topological polar surface area (TPSA) is 76.7 Å². The van der Waals surface area contributed by atoms with Crippen LogP contribution in [0.25, 0.3) is 11.3 Å². The second-order valence-electron chi connectivity index (χ2n) is 3.66. The van der Waals surface area contributed by atoms with E-state index in [2.05, 4.69) is 4.74 Å². The monoisotopic (exact) mass is 280 g/mol. The molecule has 6 heteroatoms. The van der Waals surface area contributed by atoms with E-state index in [1.807, 2.05) is 0 Å². The van der Waals surface area contributed by atoms with Gasteiger partial charge in [0.2, 0.25) is 5.76 Å². The Bertz CT molecular complexity index is 644. The Hall–Kier alpha value is -2.27. The first-order valence-corrected chi connectivity index (χ1v) is 5.62. The number of aromatic carboxylic acids is 1. The number of hydrogen-bond donors (Lipinski definition) is 1. The molecule has 0 fully saturated rings. The summed E-state index contributed by atoms with van der Waals surface area (Å²) >= 11 is 5.86. The third kappa shape index (κ3) is 2.61. The molecular weight excluding hydrogens is 272 g/mol. The molecular formula is C13H9ClO5. The molecule has 0 saturated carbocycles. The molecule has 0 aliphatic carbocycles. The SMILES string of the molecule is COC(=O)c1ccc(-c2ccc(C(=O)O)c(Cl)c2)o1. The normalized spacial score (nSPS) is 10.2. The van der Waals surface area contributed by atoms with Gasteiger partial charge in [-0.1, -0.05) is 17.7 Å². The van der Waals surface area contributed by atoms with Crippen LogP contribution in [0.4, 0.5) is 0 Å². The summed E-state index contributed by atoms with van der Waals surface area (Å²) in [6.07, 6.45) is 0. The number of carboxylic acids is 1. The minimum absolute atomic E-state index is 0.00478. The maximum Gasteiger partial charge on any atom is 0.373 e. The Morgan fingerprint density at radius 2 is 2.00 bits per heavy atom. The van der Waals surface area contributed by atoms with Crippen LogP contribution < -0.4 is 0 Å². The van der Waals surface area contributed by atoms with E-state index in [1.165, 1.54) is 25.3 Å². The van der Waals surface area contributed by atoms with E-state index >= 15 is 0 Å². The van der Waals surface area contributed by atoms with Gasteiger partial charge in [0.25, 0.3) is 0 Å². The summed E-state index contributed by atoms with van der Waals surface area (Å²) in [6, 6.07) is 7.44. The smallest absolute Gasteiger partial charge is 0.373 e. The Labute approximate surface area is 113 Å². The zero-order chi connectivity index (χ0) is 14.0. The van der Waals surface area contributed by atoms with Crippen LogP contribution in [0.15, 0.2) is 34.7 Å². The molecule has 0 atom stereocenters. The van der Waals surface area contributed by atoms with Gasteiger partial charge in [0, 0.05) is 5.56 Å². The fourth-order valence-corrected chi connectivity index (χ4v) is 1.81. The Morgan fingerprint density at radius 1 is 1.26 bits per heavy atom. The van der Waals surface area contributed by atoms with E-state index in [4.69, 9.17) is 21.1 Å². The van der Waals surface area contributed by atoms with Gasteiger partial charge in [0.15, 0.2) is 0 Å². The number of benzene rings is 1. The third-order valence-corrected chi connectivity index (χ3v) is 2.79. The molecule has 19 heavy (non-hydrogen) atoms. The molecule has 1 N–H and O–H groups in total. The van der Waals surface area contributed by atoms with E-state index < -0.39 is 11.9 Å². The molecule has 0 spiro atoms. The first-order chi connectivity index (χ1) is 9.02. The number of rotatable bonds is 3. The summed E-state index contributed by atoms with van der Waals surface area (Å²) in [4.78, 5) is 22.1. The van der Waals surface area contributed by atoms with E-state index in [0.29, 0.717) is 11.3 Å². The van der Waals surface area contributed by atoms with Gasteiger partial charge < -0.3 is 14.3 Å². The number of hydrogen-bond acceptors (Lipinski definition) is 4. The second-order valence-corrected chi connectivity index (χ2v) is 4.06. The molecule has 98 valence electrons. The van der Waals surface area contributed by atoms with Crippen molar-refractivity contribution in [2.45, 2.75) is 0 Å². The molecule has 1 aromatic carbocycles. The molecule has 5 nitrogen and oxygen atoms in total. The van der Waals surface area contributed by atoms with Crippen LogP contribution in [-0.2, 0) is 4.74 Å². The molecule has 2 aromatic rings. The molecule has 1 aromatic heterocycles. The third-order valence-electron chi connectivity index (χ3n) is 2.48. The molecule has 2 rings (SSSR count). The van der Waals surface area contributed by atoms with Crippen LogP contribution in [-0.4, -0.2) is 24.2 Å². The Balaban J connectivity index is 2.37. The van der Waals surface area contributed by atoms with E-state index in [1.54, 1.807) is 12.1 Å². The number of esters is 1. The van der Waals surface area contributed by atoms with Gasteiger partial charge in [-0.25, -0.2) is 9.59 Å². The zero-order valence-corrected chi connectivity index (χ0v) is 10.6. The minimum atomic E-state index is -1.11. The highest BCUT2D eigenvalue weighted by Crippen LogP contribution is 2.27. The number of halogens is 1. The lowest BCUT2D eigenvalue weighted by atomic mass is 10.1. The van der Waals surface area contributed by atoms with E-state index in [9.17, 15) is 9.59 Å². The lowest BCUT2D eigenvalue weighted by Gasteiger charge is -2.01. The van der Waals surface area contributed by atoms with Gasteiger partial charge in [-0.15, -0.1) is 0 Å². The molecule has 1 heterocycles. The van der Waals surface area contributed by atoms with Crippen molar-refractivity contribution in [3.05, 3.63) is 46.7 Å². The highest BCUT2D eigenvalue weighted by atomic mass is 35.5. The van der Waals surface area contributed by atoms with Gasteiger partial charge in [-0.05, 0) is 24.3 Å². The summed E-state index contributed by atoms with van der Waals surface area (Å²) in [5, 5.41) is 8.97. The molecule has 0 amide bonds. The van der Waals surface area contributed by atoms with Crippen LogP contribution in [0.1, 0.15) is 20.9 Å². The van der Waals surface area contributed by atoms with Crippen molar-refractivity contribution in [2.75, 3.05) is 7.11 Å². The highest BCUT2D eigenvalue weighted by molar-refractivity contribution is 6.33. The average molecular weight is 281 g/mol. The standard InChI is InChI=1S/C13H9ClO5/c1-18-13(17)11-5-4-10(19-11)7-2-3-8(12(15)16)9(14)6-7/h2-6H,1H3,(H,15,16). The molecule has 0 aliphatic heterocycles. The number of ether oxygens (including phenoxy) is 1.